The van der Waals surface area contributed by atoms with Crippen LogP contribution in [0.4, 0.5) is 5.95 Å². The number of hydrogen-bond donors (Lipinski definition) is 1. The molecule has 0 bridgehead atoms. The van der Waals surface area contributed by atoms with Crippen LogP contribution in [0, 0.1) is 0 Å². The molecule has 2 heterocycles. The summed E-state index contributed by atoms with van der Waals surface area (Å²) in [5, 5.41) is 13.2. The number of aliphatic hydroxyl groups is 1. The van der Waals surface area contributed by atoms with Crippen molar-refractivity contribution in [3.63, 3.8) is 0 Å². The average molecular weight is 308 g/mol. The maximum absolute atomic E-state index is 9.83. The lowest BCUT2D eigenvalue weighted by atomic mass is 9.93. The minimum Gasteiger partial charge on any atom is -0.393 e. The van der Waals surface area contributed by atoms with Crippen molar-refractivity contribution in [2.24, 2.45) is 0 Å². The Morgan fingerprint density at radius 2 is 1.70 bits per heavy atom. The molecule has 1 N–H and O–H groups in total. The van der Waals surface area contributed by atoms with E-state index in [1.807, 2.05) is 18.2 Å². The highest BCUT2D eigenvalue weighted by atomic mass is 16.3. The van der Waals surface area contributed by atoms with Gasteiger partial charge in [0, 0.05) is 24.0 Å². The zero-order chi connectivity index (χ0) is 15.6. The van der Waals surface area contributed by atoms with Gasteiger partial charge >= 0.3 is 0 Å². The summed E-state index contributed by atoms with van der Waals surface area (Å²) >= 11 is 0. The van der Waals surface area contributed by atoms with Crippen molar-refractivity contribution < 1.29 is 5.11 Å². The summed E-state index contributed by atoms with van der Waals surface area (Å²) in [5.74, 6) is 0.704. The molecular formula is C18H20N4O. The van der Waals surface area contributed by atoms with E-state index in [0.29, 0.717) is 5.95 Å². The Balaban J connectivity index is 1.79. The Labute approximate surface area is 135 Å². The van der Waals surface area contributed by atoms with Crippen LogP contribution in [-0.4, -0.2) is 31.9 Å². The third-order valence-corrected chi connectivity index (χ3v) is 4.58. The van der Waals surface area contributed by atoms with E-state index in [-0.39, 0.29) is 12.1 Å². The Morgan fingerprint density at radius 3 is 2.48 bits per heavy atom. The van der Waals surface area contributed by atoms with Gasteiger partial charge in [-0.05, 0) is 43.9 Å². The lowest BCUT2D eigenvalue weighted by Crippen LogP contribution is -2.43. The number of nitrogens with zero attached hydrogens (tertiary/aromatic N) is 4. The second kappa shape index (κ2) is 6.01. The number of hydrogen-bond acceptors (Lipinski definition) is 4. The van der Waals surface area contributed by atoms with E-state index in [0.717, 1.165) is 31.2 Å². The van der Waals surface area contributed by atoms with Crippen LogP contribution in [0.1, 0.15) is 25.7 Å². The predicted molar refractivity (Wildman–Crippen MR) is 90.1 cm³/mol. The van der Waals surface area contributed by atoms with Crippen molar-refractivity contribution in [1.82, 2.24) is 14.6 Å². The van der Waals surface area contributed by atoms with Gasteiger partial charge in [0.25, 0.3) is 0 Å². The van der Waals surface area contributed by atoms with Gasteiger partial charge in [-0.15, -0.1) is 0 Å². The molecule has 0 radical (unpaired) electrons. The number of aliphatic hydroxyl groups excluding tert-OH is 1. The molecule has 0 atom stereocenters. The number of rotatable bonds is 3. The highest BCUT2D eigenvalue weighted by Gasteiger charge is 2.28. The van der Waals surface area contributed by atoms with Crippen molar-refractivity contribution in [2.45, 2.75) is 37.8 Å². The Bertz CT molecular complexity index is 778. The third kappa shape index (κ3) is 2.68. The van der Waals surface area contributed by atoms with Crippen LogP contribution in [0.2, 0.25) is 0 Å². The lowest BCUT2D eigenvalue weighted by molar-refractivity contribution is 0.120. The molecule has 1 fully saturated rings. The minimum absolute atomic E-state index is 0.175. The largest absolute Gasteiger partial charge is 0.393 e. The minimum atomic E-state index is -0.175. The van der Waals surface area contributed by atoms with E-state index in [9.17, 15) is 5.11 Å². The molecule has 4 rings (SSSR count). The smallest absolute Gasteiger partial charge is 0.245 e. The van der Waals surface area contributed by atoms with E-state index in [1.165, 1.54) is 5.39 Å². The van der Waals surface area contributed by atoms with Crippen molar-refractivity contribution in [2.75, 3.05) is 5.01 Å². The summed E-state index contributed by atoms with van der Waals surface area (Å²) in [5.41, 5.74) is 1.14. The second-order valence-corrected chi connectivity index (χ2v) is 6.07. The molecule has 118 valence electrons. The molecular weight excluding hydrogens is 288 g/mol. The molecule has 1 aliphatic rings. The zero-order valence-corrected chi connectivity index (χ0v) is 12.9. The van der Waals surface area contributed by atoms with Gasteiger partial charge < -0.3 is 5.11 Å². The first-order valence-corrected chi connectivity index (χ1v) is 8.13. The molecule has 1 aromatic carbocycles. The van der Waals surface area contributed by atoms with Crippen LogP contribution in [-0.2, 0) is 0 Å². The highest BCUT2D eigenvalue weighted by Crippen LogP contribution is 2.28. The zero-order valence-electron chi connectivity index (χ0n) is 12.9. The quantitative estimate of drug-likeness (QED) is 0.808. The second-order valence-electron chi connectivity index (χ2n) is 6.07. The SMILES string of the molecule is OC1CCC(N(c2ncccn2)n2ccc3ccccc32)CC1. The molecule has 2 aromatic heterocycles. The van der Waals surface area contributed by atoms with Crippen LogP contribution >= 0.6 is 0 Å². The molecule has 3 aromatic rings. The van der Waals surface area contributed by atoms with Crippen LogP contribution in [0.5, 0.6) is 0 Å². The number of para-hydroxylation sites is 1. The van der Waals surface area contributed by atoms with Gasteiger partial charge in [-0.25, -0.2) is 15.0 Å². The van der Waals surface area contributed by atoms with E-state index < -0.39 is 0 Å². The summed E-state index contributed by atoms with van der Waals surface area (Å²) < 4.78 is 2.15. The van der Waals surface area contributed by atoms with Crippen molar-refractivity contribution in [3.05, 3.63) is 55.0 Å². The first-order valence-electron chi connectivity index (χ1n) is 8.13. The van der Waals surface area contributed by atoms with Crippen molar-refractivity contribution in [3.8, 4) is 0 Å². The maximum Gasteiger partial charge on any atom is 0.245 e. The van der Waals surface area contributed by atoms with Crippen LogP contribution in [0.15, 0.2) is 55.0 Å². The van der Waals surface area contributed by atoms with Gasteiger partial charge in [-0.2, -0.15) is 0 Å². The normalized spacial score (nSPS) is 21.4. The Morgan fingerprint density at radius 1 is 0.957 bits per heavy atom. The Kier molecular flexibility index (Phi) is 3.71. The fourth-order valence-electron chi connectivity index (χ4n) is 3.40. The van der Waals surface area contributed by atoms with Crippen LogP contribution in [0.3, 0.4) is 0 Å². The molecule has 23 heavy (non-hydrogen) atoms. The highest BCUT2D eigenvalue weighted by molar-refractivity contribution is 5.80. The predicted octanol–water partition coefficient (Wildman–Crippen LogP) is 3.00. The molecule has 0 aliphatic heterocycles. The molecule has 5 nitrogen and oxygen atoms in total. The number of fused-ring (bicyclic) bond motifs is 1. The molecule has 0 unspecified atom stereocenters. The monoisotopic (exact) mass is 308 g/mol. The van der Waals surface area contributed by atoms with Gasteiger partial charge in [0.1, 0.15) is 0 Å². The van der Waals surface area contributed by atoms with E-state index in [4.69, 9.17) is 0 Å². The van der Waals surface area contributed by atoms with Gasteiger partial charge in [0.05, 0.1) is 17.7 Å². The molecule has 0 amide bonds. The summed E-state index contributed by atoms with van der Waals surface area (Å²) in [6.45, 7) is 0. The number of anilines is 1. The summed E-state index contributed by atoms with van der Waals surface area (Å²) in [6, 6.07) is 12.6. The fraction of sp³-hybridized carbons (Fsp3) is 0.333. The standard InChI is InChI=1S/C18H20N4O/c23-16-8-6-15(7-9-16)22(18-19-11-3-12-20-18)21-13-10-14-4-1-2-5-17(14)21/h1-5,10-13,15-16,23H,6-9H2. The van der Waals surface area contributed by atoms with Crippen molar-refractivity contribution in [1.29, 1.82) is 0 Å². The average Bonchev–Trinajstić information content (AvgIpc) is 3.02. The molecule has 1 aliphatic carbocycles. The maximum atomic E-state index is 9.83. The Hall–Kier alpha value is -2.40. The first kappa shape index (κ1) is 14.2. The van der Waals surface area contributed by atoms with Crippen molar-refractivity contribution >= 4 is 16.9 Å². The van der Waals surface area contributed by atoms with Crippen LogP contribution in [0.25, 0.3) is 10.9 Å². The van der Waals surface area contributed by atoms with Gasteiger partial charge in [0.15, 0.2) is 0 Å². The summed E-state index contributed by atoms with van der Waals surface area (Å²) in [7, 11) is 0. The topological polar surface area (TPSA) is 54.2 Å². The summed E-state index contributed by atoms with van der Waals surface area (Å²) in [6.07, 6.45) is 8.98. The lowest BCUT2D eigenvalue weighted by Gasteiger charge is -2.36. The molecule has 5 heteroatoms. The summed E-state index contributed by atoms with van der Waals surface area (Å²) in [4.78, 5) is 8.94. The molecule has 1 saturated carbocycles. The van der Waals surface area contributed by atoms with E-state index in [1.54, 1.807) is 12.4 Å². The number of benzene rings is 1. The fourth-order valence-corrected chi connectivity index (χ4v) is 3.40. The third-order valence-electron chi connectivity index (χ3n) is 4.58. The van der Waals surface area contributed by atoms with Gasteiger partial charge in [-0.3, -0.25) is 4.68 Å². The van der Waals surface area contributed by atoms with Gasteiger partial charge in [-0.1, -0.05) is 18.2 Å². The van der Waals surface area contributed by atoms with E-state index >= 15 is 0 Å². The molecule has 0 spiro atoms. The van der Waals surface area contributed by atoms with E-state index in [2.05, 4.69) is 44.0 Å². The number of aromatic nitrogens is 3. The van der Waals surface area contributed by atoms with Gasteiger partial charge in [0.2, 0.25) is 5.95 Å². The first-order chi connectivity index (χ1) is 11.3. The van der Waals surface area contributed by atoms with Crippen LogP contribution < -0.4 is 5.01 Å². The molecule has 0 saturated heterocycles.